The lowest BCUT2D eigenvalue weighted by Crippen LogP contribution is -2.08. The van der Waals surface area contributed by atoms with Crippen molar-refractivity contribution < 1.29 is 0 Å². The molecule has 0 radical (unpaired) electrons. The van der Waals surface area contributed by atoms with Crippen LogP contribution < -0.4 is 5.43 Å². The van der Waals surface area contributed by atoms with E-state index in [1.807, 2.05) is 13.0 Å². The van der Waals surface area contributed by atoms with Crippen molar-refractivity contribution in [3.05, 3.63) is 23.8 Å². The quantitative estimate of drug-likeness (QED) is 0.549. The molecule has 1 aliphatic rings. The van der Waals surface area contributed by atoms with Crippen LogP contribution in [0.5, 0.6) is 0 Å². The van der Waals surface area contributed by atoms with Gasteiger partial charge in [0.25, 0.3) is 0 Å². The number of hydrogen-bond donors (Lipinski definition) is 1. The standard InChI is InChI=1S/C9H12N4/c1-7-10-5-4-9(12-7)6-11-13-8-2-3-8/h4-6,8,13H,2-3H2,1H3/b11-6+. The molecule has 1 saturated carbocycles. The monoisotopic (exact) mass is 176 g/mol. The largest absolute Gasteiger partial charge is 0.307 e. The van der Waals surface area contributed by atoms with Gasteiger partial charge in [-0.15, -0.1) is 0 Å². The van der Waals surface area contributed by atoms with Crippen LogP contribution in [-0.2, 0) is 0 Å². The van der Waals surface area contributed by atoms with E-state index in [4.69, 9.17) is 0 Å². The third-order valence-electron chi connectivity index (χ3n) is 1.83. The highest BCUT2D eigenvalue weighted by atomic mass is 15.3. The molecule has 0 bridgehead atoms. The normalized spacial score (nSPS) is 16.4. The summed E-state index contributed by atoms with van der Waals surface area (Å²) >= 11 is 0. The molecule has 0 amide bonds. The van der Waals surface area contributed by atoms with Crippen LogP contribution in [0.15, 0.2) is 17.4 Å². The van der Waals surface area contributed by atoms with Gasteiger partial charge in [-0.1, -0.05) is 0 Å². The number of aromatic nitrogens is 2. The minimum absolute atomic E-state index is 0.596. The van der Waals surface area contributed by atoms with Gasteiger partial charge in [0.1, 0.15) is 5.82 Å². The Morgan fingerprint density at radius 1 is 1.62 bits per heavy atom. The van der Waals surface area contributed by atoms with Crippen LogP contribution in [0.1, 0.15) is 24.4 Å². The number of rotatable bonds is 3. The average Bonchev–Trinajstić information content (AvgIpc) is 2.88. The van der Waals surface area contributed by atoms with Gasteiger partial charge in [-0.05, 0) is 25.8 Å². The molecule has 0 atom stereocenters. The second-order valence-corrected chi connectivity index (χ2v) is 3.19. The Hall–Kier alpha value is -1.45. The van der Waals surface area contributed by atoms with Crippen molar-refractivity contribution in [2.45, 2.75) is 25.8 Å². The van der Waals surface area contributed by atoms with E-state index in [-0.39, 0.29) is 0 Å². The lowest BCUT2D eigenvalue weighted by atomic mass is 10.4. The molecule has 0 unspecified atom stereocenters. The first-order valence-electron chi connectivity index (χ1n) is 4.43. The summed E-state index contributed by atoms with van der Waals surface area (Å²) in [7, 11) is 0. The molecule has 1 heterocycles. The summed E-state index contributed by atoms with van der Waals surface area (Å²) in [5.41, 5.74) is 3.88. The fourth-order valence-corrected chi connectivity index (χ4v) is 0.968. The van der Waals surface area contributed by atoms with E-state index >= 15 is 0 Å². The van der Waals surface area contributed by atoms with Crippen molar-refractivity contribution >= 4 is 6.21 Å². The number of nitrogens with one attached hydrogen (secondary N) is 1. The van der Waals surface area contributed by atoms with E-state index < -0.39 is 0 Å². The van der Waals surface area contributed by atoms with Gasteiger partial charge in [0, 0.05) is 12.2 Å². The first-order chi connectivity index (χ1) is 6.34. The molecule has 68 valence electrons. The van der Waals surface area contributed by atoms with Gasteiger partial charge in [0.15, 0.2) is 0 Å². The smallest absolute Gasteiger partial charge is 0.125 e. The van der Waals surface area contributed by atoms with Crippen LogP contribution in [0.25, 0.3) is 0 Å². The predicted octanol–water partition coefficient (Wildman–Crippen LogP) is 0.871. The van der Waals surface area contributed by atoms with Gasteiger partial charge >= 0.3 is 0 Å². The van der Waals surface area contributed by atoms with Crippen molar-refractivity contribution in [2.24, 2.45) is 5.10 Å². The topological polar surface area (TPSA) is 50.2 Å². The van der Waals surface area contributed by atoms with Crippen LogP contribution >= 0.6 is 0 Å². The van der Waals surface area contributed by atoms with Gasteiger partial charge in [-0.3, -0.25) is 0 Å². The third-order valence-corrected chi connectivity index (χ3v) is 1.83. The zero-order chi connectivity index (χ0) is 9.10. The van der Waals surface area contributed by atoms with Gasteiger partial charge in [-0.25, -0.2) is 9.97 Å². The third kappa shape index (κ3) is 2.50. The molecule has 1 aliphatic carbocycles. The summed E-state index contributed by atoms with van der Waals surface area (Å²) < 4.78 is 0. The average molecular weight is 176 g/mol. The fraction of sp³-hybridized carbons (Fsp3) is 0.444. The summed E-state index contributed by atoms with van der Waals surface area (Å²) in [4.78, 5) is 8.19. The molecule has 0 aromatic carbocycles. The molecule has 1 N–H and O–H groups in total. The summed E-state index contributed by atoms with van der Waals surface area (Å²) in [6.07, 6.45) is 5.94. The molecule has 4 heteroatoms. The Labute approximate surface area is 77.1 Å². The summed E-state index contributed by atoms with van der Waals surface area (Å²) in [5.74, 6) is 0.773. The maximum Gasteiger partial charge on any atom is 0.125 e. The Bertz CT molecular complexity index is 317. The van der Waals surface area contributed by atoms with Crippen LogP contribution in [0.3, 0.4) is 0 Å². The van der Waals surface area contributed by atoms with Crippen LogP contribution in [0, 0.1) is 6.92 Å². The molecular weight excluding hydrogens is 164 g/mol. The Morgan fingerprint density at radius 2 is 2.46 bits per heavy atom. The lowest BCUT2D eigenvalue weighted by Gasteiger charge is -1.95. The van der Waals surface area contributed by atoms with Crippen LogP contribution in [0.2, 0.25) is 0 Å². The molecule has 13 heavy (non-hydrogen) atoms. The van der Waals surface area contributed by atoms with Crippen molar-refractivity contribution in [2.75, 3.05) is 0 Å². The molecule has 0 saturated heterocycles. The van der Waals surface area contributed by atoms with Crippen molar-refractivity contribution in [1.82, 2.24) is 15.4 Å². The zero-order valence-electron chi connectivity index (χ0n) is 7.57. The molecule has 1 fully saturated rings. The number of hydrogen-bond acceptors (Lipinski definition) is 4. The Morgan fingerprint density at radius 3 is 3.15 bits per heavy atom. The zero-order valence-corrected chi connectivity index (χ0v) is 7.57. The summed E-state index contributed by atoms with van der Waals surface area (Å²) in [6, 6.07) is 2.43. The SMILES string of the molecule is Cc1nccc(/C=N/NC2CC2)n1. The number of hydrazone groups is 1. The Balaban J connectivity index is 1.95. The maximum absolute atomic E-state index is 4.19. The van der Waals surface area contributed by atoms with Gasteiger partial charge in [0.2, 0.25) is 0 Å². The highest BCUT2D eigenvalue weighted by Crippen LogP contribution is 2.18. The fourth-order valence-electron chi connectivity index (χ4n) is 0.968. The van der Waals surface area contributed by atoms with E-state index in [0.717, 1.165) is 11.5 Å². The van der Waals surface area contributed by atoms with Gasteiger partial charge in [0.05, 0.1) is 11.9 Å². The van der Waals surface area contributed by atoms with Gasteiger partial charge < -0.3 is 5.43 Å². The van der Waals surface area contributed by atoms with E-state index in [1.165, 1.54) is 12.8 Å². The second kappa shape index (κ2) is 3.51. The molecule has 1 aromatic rings. The number of nitrogens with zero attached hydrogens (tertiary/aromatic N) is 3. The second-order valence-electron chi connectivity index (χ2n) is 3.19. The van der Waals surface area contributed by atoms with Crippen molar-refractivity contribution in [1.29, 1.82) is 0 Å². The molecule has 1 aromatic heterocycles. The minimum atomic E-state index is 0.596. The van der Waals surface area contributed by atoms with E-state index in [9.17, 15) is 0 Å². The van der Waals surface area contributed by atoms with Gasteiger partial charge in [-0.2, -0.15) is 5.10 Å². The lowest BCUT2D eigenvalue weighted by molar-refractivity contribution is 0.741. The predicted molar refractivity (Wildman–Crippen MR) is 50.5 cm³/mol. The molecule has 4 nitrogen and oxygen atoms in total. The first-order valence-corrected chi connectivity index (χ1v) is 4.43. The van der Waals surface area contributed by atoms with Crippen molar-refractivity contribution in [3.63, 3.8) is 0 Å². The molecule has 2 rings (SSSR count). The van der Waals surface area contributed by atoms with E-state index in [2.05, 4.69) is 20.5 Å². The molecular formula is C9H12N4. The minimum Gasteiger partial charge on any atom is -0.307 e. The highest BCUT2D eigenvalue weighted by molar-refractivity contribution is 5.76. The number of aryl methyl sites for hydroxylation is 1. The van der Waals surface area contributed by atoms with Crippen LogP contribution in [-0.4, -0.2) is 22.2 Å². The van der Waals surface area contributed by atoms with Crippen molar-refractivity contribution in [3.8, 4) is 0 Å². The highest BCUT2D eigenvalue weighted by Gasteiger charge is 2.19. The maximum atomic E-state index is 4.19. The van der Waals surface area contributed by atoms with E-state index in [0.29, 0.717) is 6.04 Å². The molecule has 0 aliphatic heterocycles. The summed E-state index contributed by atoms with van der Waals surface area (Å²) in [5, 5.41) is 4.08. The Kier molecular flexibility index (Phi) is 2.21. The molecule has 0 spiro atoms. The van der Waals surface area contributed by atoms with Crippen LogP contribution in [0.4, 0.5) is 0 Å². The first kappa shape index (κ1) is 8.16. The van der Waals surface area contributed by atoms with E-state index in [1.54, 1.807) is 12.4 Å². The summed E-state index contributed by atoms with van der Waals surface area (Å²) in [6.45, 7) is 1.87.